The number of aromatic nitrogens is 1. The summed E-state index contributed by atoms with van der Waals surface area (Å²) in [6.45, 7) is 0. The normalized spacial score (nSPS) is 21.3. The highest BCUT2D eigenvalue weighted by atomic mass is 35.5. The van der Waals surface area contributed by atoms with Gasteiger partial charge in [0.15, 0.2) is 0 Å². The lowest BCUT2D eigenvalue weighted by Crippen LogP contribution is -2.45. The van der Waals surface area contributed by atoms with E-state index in [-0.39, 0.29) is 12.1 Å². The molecule has 8 heteroatoms. The molecule has 2 aliphatic rings. The van der Waals surface area contributed by atoms with Crippen molar-refractivity contribution in [3.05, 3.63) is 57.6 Å². The van der Waals surface area contributed by atoms with Crippen molar-refractivity contribution < 1.29 is 4.39 Å². The van der Waals surface area contributed by atoms with Crippen LogP contribution in [-0.4, -0.2) is 21.9 Å². The van der Waals surface area contributed by atoms with Crippen molar-refractivity contribution in [1.29, 1.82) is 5.26 Å². The van der Waals surface area contributed by atoms with Crippen molar-refractivity contribution in [2.45, 2.75) is 31.3 Å². The van der Waals surface area contributed by atoms with Crippen LogP contribution >= 0.6 is 23.2 Å². The van der Waals surface area contributed by atoms with Crippen LogP contribution in [0.1, 0.15) is 30.0 Å². The number of aliphatic imine (C=N–C) groups is 1. The summed E-state index contributed by atoms with van der Waals surface area (Å²) in [7, 11) is 0. The lowest BCUT2D eigenvalue weighted by atomic mass is 9.95. The van der Waals surface area contributed by atoms with Crippen LogP contribution in [0.3, 0.4) is 0 Å². The average molecular weight is 390 g/mol. The molecule has 1 N–H and O–H groups in total. The van der Waals surface area contributed by atoms with E-state index in [1.807, 2.05) is 12.3 Å². The van der Waals surface area contributed by atoms with E-state index in [0.717, 1.165) is 18.4 Å². The molecule has 0 unspecified atom stereocenters. The molecule has 1 aromatic heterocycles. The van der Waals surface area contributed by atoms with E-state index < -0.39 is 5.95 Å². The van der Waals surface area contributed by atoms with Gasteiger partial charge in [-0.25, -0.2) is 4.98 Å². The molecule has 132 valence electrons. The van der Waals surface area contributed by atoms with Gasteiger partial charge in [0.1, 0.15) is 0 Å². The van der Waals surface area contributed by atoms with Crippen LogP contribution in [0.5, 0.6) is 0 Å². The van der Waals surface area contributed by atoms with Crippen LogP contribution < -0.4 is 5.32 Å². The summed E-state index contributed by atoms with van der Waals surface area (Å²) in [5, 5.41) is 13.2. The molecule has 3 heterocycles. The van der Waals surface area contributed by atoms with Gasteiger partial charge in [-0.05, 0) is 49.1 Å². The highest BCUT2D eigenvalue weighted by molar-refractivity contribution is 6.42. The van der Waals surface area contributed by atoms with E-state index in [9.17, 15) is 4.39 Å². The Bertz CT molecular complexity index is 940. The molecule has 2 bridgehead atoms. The molecule has 0 spiro atoms. The summed E-state index contributed by atoms with van der Waals surface area (Å²) < 4.78 is 14.1. The number of anilines is 1. The number of hydrogen-bond donors (Lipinski definition) is 1. The second-order valence-corrected chi connectivity index (χ2v) is 7.13. The summed E-state index contributed by atoms with van der Waals surface area (Å²) >= 11 is 12.0. The van der Waals surface area contributed by atoms with E-state index in [2.05, 4.69) is 20.2 Å². The van der Waals surface area contributed by atoms with Gasteiger partial charge in [-0.2, -0.15) is 9.65 Å². The Morgan fingerprint density at radius 2 is 2.15 bits per heavy atom. The molecule has 0 aliphatic carbocycles. The van der Waals surface area contributed by atoms with Crippen LogP contribution in [0.25, 0.3) is 0 Å². The fraction of sp³-hybridized carbons (Fsp3) is 0.278. The molecule has 1 fully saturated rings. The highest BCUT2D eigenvalue weighted by Crippen LogP contribution is 2.44. The van der Waals surface area contributed by atoms with Gasteiger partial charge >= 0.3 is 0 Å². The van der Waals surface area contributed by atoms with Gasteiger partial charge in [0.05, 0.1) is 16.1 Å². The standard InChI is InChI=1S/C18H14Cl2FN5/c19-14-3-1-10(7-15(14)20)25-18(24-9-22)26-11-2-4-16(26)12-5-6-23-17(21)13(12)8-11/h1,3,5-7,11,16H,2,4,8H2,(H,24,25)/t11-,16+/m0/s1. The Hall–Kier alpha value is -2.36. The third-order valence-electron chi connectivity index (χ3n) is 4.92. The first-order valence-corrected chi connectivity index (χ1v) is 8.94. The SMILES string of the molecule is N#CN=C(Nc1ccc(Cl)c(Cl)c1)N1[C@H]2CC[C@@H]1c1ccnc(F)c1C2. The summed E-state index contributed by atoms with van der Waals surface area (Å²) in [6, 6.07) is 7.00. The predicted molar refractivity (Wildman–Crippen MR) is 98.6 cm³/mol. The largest absolute Gasteiger partial charge is 0.331 e. The molecule has 26 heavy (non-hydrogen) atoms. The van der Waals surface area contributed by atoms with Gasteiger partial charge in [-0.1, -0.05) is 23.2 Å². The number of nitrogens with one attached hydrogen (secondary N) is 1. The van der Waals surface area contributed by atoms with Crippen molar-refractivity contribution in [1.82, 2.24) is 9.88 Å². The third kappa shape index (κ3) is 2.87. The van der Waals surface area contributed by atoms with Crippen LogP contribution in [0.2, 0.25) is 10.0 Å². The number of fused-ring (bicyclic) bond motifs is 4. The Kier molecular flexibility index (Phi) is 4.43. The minimum Gasteiger partial charge on any atom is -0.331 e. The maximum atomic E-state index is 14.1. The minimum absolute atomic E-state index is 0.0383. The van der Waals surface area contributed by atoms with E-state index in [1.54, 1.807) is 18.2 Å². The molecule has 2 aromatic rings. The van der Waals surface area contributed by atoms with Gasteiger partial charge in [0.25, 0.3) is 0 Å². The average Bonchev–Trinajstić information content (AvgIpc) is 2.93. The number of nitrogens with zero attached hydrogens (tertiary/aromatic N) is 4. The quantitative estimate of drug-likeness (QED) is 0.336. The van der Waals surface area contributed by atoms with Crippen molar-refractivity contribution in [2.75, 3.05) is 5.32 Å². The number of benzene rings is 1. The van der Waals surface area contributed by atoms with Gasteiger partial charge in [0, 0.05) is 23.5 Å². The number of rotatable bonds is 1. The molecule has 5 nitrogen and oxygen atoms in total. The second kappa shape index (κ2) is 6.75. The Morgan fingerprint density at radius 1 is 1.31 bits per heavy atom. The summed E-state index contributed by atoms with van der Waals surface area (Å²) in [5.74, 6) is 0.0246. The summed E-state index contributed by atoms with van der Waals surface area (Å²) in [4.78, 5) is 9.82. The zero-order chi connectivity index (χ0) is 18.3. The number of halogens is 3. The summed E-state index contributed by atoms with van der Waals surface area (Å²) in [6.07, 6.45) is 5.64. The van der Waals surface area contributed by atoms with Crippen LogP contribution in [0.4, 0.5) is 10.1 Å². The van der Waals surface area contributed by atoms with Gasteiger partial charge in [-0.3, -0.25) is 0 Å². The van der Waals surface area contributed by atoms with E-state index in [4.69, 9.17) is 28.5 Å². The molecule has 0 amide bonds. The highest BCUT2D eigenvalue weighted by Gasteiger charge is 2.43. The molecular formula is C18H14Cl2FN5. The van der Waals surface area contributed by atoms with Crippen molar-refractivity contribution in [3.63, 3.8) is 0 Å². The minimum atomic E-state index is -0.407. The molecule has 0 radical (unpaired) electrons. The molecule has 1 saturated heterocycles. The van der Waals surface area contributed by atoms with Crippen LogP contribution in [0, 0.1) is 17.4 Å². The second-order valence-electron chi connectivity index (χ2n) is 6.32. The van der Waals surface area contributed by atoms with Gasteiger partial charge in [-0.15, -0.1) is 4.99 Å². The third-order valence-corrected chi connectivity index (χ3v) is 5.66. The number of guanidine groups is 1. The molecule has 0 saturated carbocycles. The van der Waals surface area contributed by atoms with Crippen molar-refractivity contribution >= 4 is 34.8 Å². The van der Waals surface area contributed by atoms with Gasteiger partial charge < -0.3 is 10.2 Å². The van der Waals surface area contributed by atoms with Gasteiger partial charge in [0.2, 0.25) is 18.1 Å². The molecule has 2 aliphatic heterocycles. The Labute approximate surface area is 160 Å². The fourth-order valence-electron chi connectivity index (χ4n) is 3.84. The monoisotopic (exact) mass is 389 g/mol. The topological polar surface area (TPSA) is 64.3 Å². The molecule has 4 rings (SSSR count). The zero-order valence-corrected chi connectivity index (χ0v) is 15.1. The van der Waals surface area contributed by atoms with E-state index in [1.165, 1.54) is 6.20 Å². The Balaban J connectivity index is 1.69. The molecule has 2 atom stereocenters. The first-order valence-electron chi connectivity index (χ1n) is 8.19. The number of hydrogen-bond acceptors (Lipinski definition) is 3. The Morgan fingerprint density at radius 3 is 2.92 bits per heavy atom. The van der Waals surface area contributed by atoms with Crippen molar-refractivity contribution in [2.24, 2.45) is 4.99 Å². The van der Waals surface area contributed by atoms with Crippen LogP contribution in [0.15, 0.2) is 35.5 Å². The van der Waals surface area contributed by atoms with E-state index >= 15 is 0 Å². The number of pyridine rings is 1. The zero-order valence-electron chi connectivity index (χ0n) is 13.6. The van der Waals surface area contributed by atoms with E-state index in [0.29, 0.717) is 33.7 Å². The number of nitriles is 1. The van der Waals surface area contributed by atoms with Crippen molar-refractivity contribution in [3.8, 4) is 6.19 Å². The molecular weight excluding hydrogens is 376 g/mol. The predicted octanol–water partition coefficient (Wildman–Crippen LogP) is 4.54. The maximum Gasteiger partial charge on any atom is 0.216 e. The first-order chi connectivity index (χ1) is 12.6. The summed E-state index contributed by atoms with van der Waals surface area (Å²) in [5.41, 5.74) is 2.26. The fourth-order valence-corrected chi connectivity index (χ4v) is 4.14. The van der Waals surface area contributed by atoms with Crippen LogP contribution in [-0.2, 0) is 6.42 Å². The molecule has 1 aromatic carbocycles. The maximum absolute atomic E-state index is 14.1. The lowest BCUT2D eigenvalue weighted by molar-refractivity contribution is 0.288. The first kappa shape index (κ1) is 17.1. The lowest BCUT2D eigenvalue weighted by Gasteiger charge is -2.38. The smallest absolute Gasteiger partial charge is 0.216 e.